The first-order valence-corrected chi connectivity index (χ1v) is 14.6. The van der Waals surface area contributed by atoms with Crippen LogP contribution in [0, 0.1) is 5.41 Å². The van der Waals surface area contributed by atoms with Crippen LogP contribution >= 0.6 is 15.9 Å². The Morgan fingerprint density at radius 1 is 1.00 bits per heavy atom. The van der Waals surface area contributed by atoms with Crippen molar-refractivity contribution >= 4 is 40.5 Å². The fourth-order valence-electron chi connectivity index (χ4n) is 4.52. The molecule has 2 amide bonds. The SMILES string of the molecule is CC(N(C(=O)OCc1ccccc1)[C@@H](Cc1ccc(Br)cc1B1OC(C)(C)C(C)(C)O1)C(=O)N(C)C)C(C)(C)C. The Hall–Kier alpha value is -2.36. The molecular formula is C31H44BBrN2O5. The molecule has 1 saturated heterocycles. The van der Waals surface area contributed by atoms with E-state index in [-0.39, 0.29) is 30.4 Å². The standard InChI is InChI=1S/C31H44BBrN2O5/c1-21(29(2,3)4)35(28(37)38-20-22-14-12-11-13-15-22)26(27(36)34(9)10)18-23-16-17-24(33)19-25(23)32-39-30(5,6)31(7,8)40-32/h11-17,19,21,26H,18,20H2,1-10H3/t21?,26-/m0/s1. The molecule has 3 rings (SSSR count). The van der Waals surface area contributed by atoms with Gasteiger partial charge >= 0.3 is 13.2 Å². The Morgan fingerprint density at radius 3 is 2.10 bits per heavy atom. The van der Waals surface area contributed by atoms with Crippen LogP contribution in [0.1, 0.15) is 66.5 Å². The third-order valence-corrected chi connectivity index (χ3v) is 8.67. The molecule has 0 radical (unpaired) electrons. The number of carbonyl (C=O) groups is 2. The summed E-state index contributed by atoms with van der Waals surface area (Å²) in [6.45, 7) is 16.3. The van der Waals surface area contributed by atoms with Gasteiger partial charge < -0.3 is 18.9 Å². The molecule has 0 bridgehead atoms. The van der Waals surface area contributed by atoms with Gasteiger partial charge in [0.1, 0.15) is 12.6 Å². The average molecular weight is 615 g/mol. The number of halogens is 1. The number of rotatable bonds is 8. The number of ether oxygens (including phenoxy) is 1. The molecular weight excluding hydrogens is 571 g/mol. The second-order valence-electron chi connectivity index (χ2n) is 12.9. The largest absolute Gasteiger partial charge is 0.495 e. The van der Waals surface area contributed by atoms with Crippen LogP contribution in [0.3, 0.4) is 0 Å². The van der Waals surface area contributed by atoms with Gasteiger partial charge in [0.25, 0.3) is 0 Å². The number of hydrogen-bond acceptors (Lipinski definition) is 5. The minimum atomic E-state index is -0.810. The van der Waals surface area contributed by atoms with Gasteiger partial charge in [-0.1, -0.05) is 73.1 Å². The average Bonchev–Trinajstić information content (AvgIpc) is 3.08. The molecule has 1 aliphatic heterocycles. The Kier molecular flexibility index (Phi) is 9.85. The molecule has 0 aliphatic carbocycles. The van der Waals surface area contributed by atoms with E-state index in [2.05, 4.69) is 36.7 Å². The molecule has 9 heteroatoms. The molecule has 0 aromatic heterocycles. The Labute approximate surface area is 248 Å². The maximum absolute atomic E-state index is 13.8. The monoisotopic (exact) mass is 614 g/mol. The van der Waals surface area contributed by atoms with Crippen LogP contribution in [0.2, 0.25) is 0 Å². The second kappa shape index (κ2) is 12.3. The lowest BCUT2D eigenvalue weighted by molar-refractivity contribution is -0.135. The summed E-state index contributed by atoms with van der Waals surface area (Å²) >= 11 is 3.59. The first kappa shape index (κ1) is 32.2. The normalized spacial score (nSPS) is 17.7. The summed E-state index contributed by atoms with van der Waals surface area (Å²) in [6, 6.07) is 14.3. The van der Waals surface area contributed by atoms with E-state index in [1.807, 2.05) is 83.1 Å². The van der Waals surface area contributed by atoms with E-state index in [0.717, 1.165) is 21.1 Å². The highest BCUT2D eigenvalue weighted by Crippen LogP contribution is 2.37. The summed E-state index contributed by atoms with van der Waals surface area (Å²) in [5.74, 6) is -0.185. The molecule has 1 heterocycles. The summed E-state index contributed by atoms with van der Waals surface area (Å²) in [7, 11) is 2.80. The predicted octanol–water partition coefficient (Wildman–Crippen LogP) is 5.82. The minimum Gasteiger partial charge on any atom is -0.445 e. The number of amides is 2. The third-order valence-electron chi connectivity index (χ3n) is 8.18. The number of carbonyl (C=O) groups excluding carboxylic acids is 2. The highest BCUT2D eigenvalue weighted by Gasteiger charge is 2.52. The molecule has 2 aromatic rings. The smallest absolute Gasteiger partial charge is 0.445 e. The van der Waals surface area contributed by atoms with Crippen LogP contribution in [-0.2, 0) is 31.9 Å². The van der Waals surface area contributed by atoms with Gasteiger partial charge in [-0.05, 0) is 68.8 Å². The lowest BCUT2D eigenvalue weighted by Gasteiger charge is -2.42. The molecule has 0 saturated carbocycles. The first-order chi connectivity index (χ1) is 18.4. The molecule has 1 fully saturated rings. The number of likely N-dealkylation sites (N-methyl/N-ethyl adjacent to an activating group) is 1. The molecule has 2 atom stereocenters. The molecule has 40 heavy (non-hydrogen) atoms. The highest BCUT2D eigenvalue weighted by molar-refractivity contribution is 9.10. The van der Waals surface area contributed by atoms with Crippen LogP contribution in [-0.4, -0.2) is 66.3 Å². The van der Waals surface area contributed by atoms with Gasteiger partial charge in [-0.15, -0.1) is 0 Å². The fourth-order valence-corrected chi connectivity index (χ4v) is 4.90. The van der Waals surface area contributed by atoms with Gasteiger partial charge in [0.2, 0.25) is 5.91 Å². The number of benzene rings is 2. The maximum Gasteiger partial charge on any atom is 0.495 e. The van der Waals surface area contributed by atoms with E-state index >= 15 is 0 Å². The summed E-state index contributed by atoms with van der Waals surface area (Å²) in [6.07, 6.45) is -0.259. The van der Waals surface area contributed by atoms with E-state index < -0.39 is 30.5 Å². The molecule has 7 nitrogen and oxygen atoms in total. The van der Waals surface area contributed by atoms with Crippen molar-refractivity contribution in [3.63, 3.8) is 0 Å². The lowest BCUT2D eigenvalue weighted by atomic mass is 9.74. The molecule has 0 N–H and O–H groups in total. The van der Waals surface area contributed by atoms with Crippen LogP contribution in [0.15, 0.2) is 53.0 Å². The van der Waals surface area contributed by atoms with Crippen molar-refractivity contribution in [3.8, 4) is 0 Å². The van der Waals surface area contributed by atoms with Crippen molar-refractivity contribution in [2.75, 3.05) is 14.1 Å². The topological polar surface area (TPSA) is 68.3 Å². The summed E-state index contributed by atoms with van der Waals surface area (Å²) in [4.78, 5) is 30.8. The third kappa shape index (κ3) is 7.28. The molecule has 1 unspecified atom stereocenters. The van der Waals surface area contributed by atoms with E-state index in [9.17, 15) is 9.59 Å². The highest BCUT2D eigenvalue weighted by atomic mass is 79.9. The predicted molar refractivity (Wildman–Crippen MR) is 163 cm³/mol. The number of nitrogens with zero attached hydrogens (tertiary/aromatic N) is 2. The van der Waals surface area contributed by atoms with Crippen molar-refractivity contribution in [2.24, 2.45) is 5.41 Å². The molecule has 2 aromatic carbocycles. The van der Waals surface area contributed by atoms with Crippen molar-refractivity contribution < 1.29 is 23.6 Å². The van der Waals surface area contributed by atoms with Gasteiger partial charge in [0.05, 0.1) is 11.2 Å². The van der Waals surface area contributed by atoms with Gasteiger partial charge in [0.15, 0.2) is 0 Å². The lowest BCUT2D eigenvalue weighted by Crippen LogP contribution is -2.57. The Morgan fingerprint density at radius 2 is 1.57 bits per heavy atom. The van der Waals surface area contributed by atoms with E-state index in [1.165, 1.54) is 4.90 Å². The van der Waals surface area contributed by atoms with Gasteiger partial charge in [0, 0.05) is 31.0 Å². The van der Waals surface area contributed by atoms with Crippen molar-refractivity contribution in [1.29, 1.82) is 0 Å². The van der Waals surface area contributed by atoms with E-state index in [4.69, 9.17) is 14.0 Å². The second-order valence-corrected chi connectivity index (χ2v) is 13.8. The number of hydrogen-bond donors (Lipinski definition) is 0. The first-order valence-electron chi connectivity index (χ1n) is 13.8. The summed E-state index contributed by atoms with van der Waals surface area (Å²) < 4.78 is 19.5. The van der Waals surface area contributed by atoms with Crippen molar-refractivity contribution in [3.05, 3.63) is 64.1 Å². The minimum absolute atomic E-state index is 0.118. The van der Waals surface area contributed by atoms with Crippen LogP contribution in [0.4, 0.5) is 4.79 Å². The zero-order valence-electron chi connectivity index (χ0n) is 25.6. The molecule has 1 aliphatic rings. The summed E-state index contributed by atoms with van der Waals surface area (Å²) in [5.41, 5.74) is 1.21. The zero-order chi connectivity index (χ0) is 30.0. The van der Waals surface area contributed by atoms with Gasteiger partial charge in [-0.25, -0.2) is 4.79 Å². The Bertz CT molecular complexity index is 1180. The summed E-state index contributed by atoms with van der Waals surface area (Å²) in [5, 5.41) is 0. The van der Waals surface area contributed by atoms with Crippen LogP contribution < -0.4 is 5.46 Å². The van der Waals surface area contributed by atoms with Crippen molar-refractivity contribution in [1.82, 2.24) is 9.80 Å². The van der Waals surface area contributed by atoms with E-state index in [0.29, 0.717) is 0 Å². The Balaban J connectivity index is 2.04. The van der Waals surface area contributed by atoms with Crippen LogP contribution in [0.25, 0.3) is 0 Å². The maximum atomic E-state index is 13.8. The molecule has 218 valence electrons. The van der Waals surface area contributed by atoms with E-state index in [1.54, 1.807) is 19.0 Å². The van der Waals surface area contributed by atoms with Gasteiger partial charge in [-0.3, -0.25) is 9.69 Å². The quantitative estimate of drug-likeness (QED) is 0.351. The fraction of sp³-hybridized carbons (Fsp3) is 0.548. The van der Waals surface area contributed by atoms with Crippen LogP contribution in [0.5, 0.6) is 0 Å². The zero-order valence-corrected chi connectivity index (χ0v) is 27.2. The van der Waals surface area contributed by atoms with Gasteiger partial charge in [-0.2, -0.15) is 0 Å². The van der Waals surface area contributed by atoms with Crippen molar-refractivity contribution in [2.45, 2.75) is 91.7 Å². The molecule has 0 spiro atoms.